The number of benzene rings is 1. The molecule has 4 nitrogen and oxygen atoms in total. The van der Waals surface area contributed by atoms with Crippen molar-refractivity contribution in [3.8, 4) is 11.3 Å². The van der Waals surface area contributed by atoms with Gasteiger partial charge in [-0.1, -0.05) is 29.8 Å². The highest BCUT2D eigenvalue weighted by molar-refractivity contribution is 5.64. The van der Waals surface area contributed by atoms with Crippen LogP contribution in [-0.4, -0.2) is 20.6 Å². The molecule has 4 heteroatoms. The zero-order chi connectivity index (χ0) is 14.7. The maximum atomic E-state index is 4.85. The van der Waals surface area contributed by atoms with Crippen molar-refractivity contribution in [3.05, 3.63) is 53.3 Å². The molecule has 2 atom stereocenters. The molecule has 1 aromatic carbocycles. The van der Waals surface area contributed by atoms with Crippen LogP contribution in [-0.2, 0) is 6.42 Å². The topological polar surface area (TPSA) is 42.2 Å². The molecule has 0 amide bonds. The van der Waals surface area contributed by atoms with E-state index in [2.05, 4.69) is 52.1 Å². The number of aromatic nitrogens is 3. The Hall–Kier alpha value is -2.20. The summed E-state index contributed by atoms with van der Waals surface area (Å²) in [6.07, 6.45) is 5.58. The summed E-state index contributed by atoms with van der Waals surface area (Å²) in [4.78, 5) is 4.64. The number of nitrogens with one attached hydrogen (secondary N) is 1. The van der Waals surface area contributed by atoms with Crippen molar-refractivity contribution in [2.45, 2.75) is 38.3 Å². The molecular weight excluding hydrogens is 272 g/mol. The molecule has 4 heterocycles. The van der Waals surface area contributed by atoms with Gasteiger partial charge >= 0.3 is 0 Å². The smallest absolute Gasteiger partial charge is 0.155 e. The van der Waals surface area contributed by atoms with E-state index >= 15 is 0 Å². The van der Waals surface area contributed by atoms with Crippen LogP contribution < -0.4 is 5.32 Å². The lowest BCUT2D eigenvalue weighted by Gasteiger charge is -2.24. The molecule has 22 heavy (non-hydrogen) atoms. The van der Waals surface area contributed by atoms with Crippen molar-refractivity contribution in [2.75, 3.05) is 0 Å². The van der Waals surface area contributed by atoms with E-state index in [0.717, 1.165) is 23.3 Å². The van der Waals surface area contributed by atoms with Crippen LogP contribution in [0.15, 0.2) is 36.5 Å². The fraction of sp³-hybridized carbons (Fsp3) is 0.333. The summed E-state index contributed by atoms with van der Waals surface area (Å²) in [6, 6.07) is 11.7. The van der Waals surface area contributed by atoms with Gasteiger partial charge in [0, 0.05) is 41.9 Å². The monoisotopic (exact) mass is 290 g/mol. The van der Waals surface area contributed by atoms with Crippen molar-refractivity contribution >= 4 is 5.65 Å². The summed E-state index contributed by atoms with van der Waals surface area (Å²) in [5, 5.41) is 8.52. The summed E-state index contributed by atoms with van der Waals surface area (Å²) in [5.74, 6) is 0. The first-order valence-corrected chi connectivity index (χ1v) is 7.98. The molecule has 1 N–H and O–H groups in total. The number of rotatable bonds is 1. The van der Waals surface area contributed by atoms with Crippen LogP contribution in [0.4, 0.5) is 0 Å². The molecular formula is C18H18N4. The molecule has 2 aliphatic heterocycles. The lowest BCUT2D eigenvalue weighted by atomic mass is 10.0. The van der Waals surface area contributed by atoms with Gasteiger partial charge in [0.1, 0.15) is 0 Å². The van der Waals surface area contributed by atoms with Crippen molar-refractivity contribution in [3.63, 3.8) is 0 Å². The van der Waals surface area contributed by atoms with Gasteiger partial charge in [-0.25, -0.2) is 9.50 Å². The molecule has 0 aliphatic carbocycles. The molecule has 0 unspecified atom stereocenters. The molecule has 2 aromatic heterocycles. The molecule has 5 rings (SSSR count). The number of hydrogen-bond acceptors (Lipinski definition) is 3. The third-order valence-electron chi connectivity index (χ3n) is 5.02. The van der Waals surface area contributed by atoms with E-state index in [-0.39, 0.29) is 0 Å². The van der Waals surface area contributed by atoms with E-state index in [1.165, 1.54) is 29.7 Å². The summed E-state index contributed by atoms with van der Waals surface area (Å²) in [7, 11) is 0. The molecule has 1 fully saturated rings. The van der Waals surface area contributed by atoms with Gasteiger partial charge in [0.2, 0.25) is 0 Å². The predicted molar refractivity (Wildman–Crippen MR) is 85.8 cm³/mol. The number of aryl methyl sites for hydroxylation is 1. The van der Waals surface area contributed by atoms with Crippen LogP contribution in [0.1, 0.15) is 35.7 Å². The fourth-order valence-electron chi connectivity index (χ4n) is 3.81. The minimum atomic E-state index is 0.470. The zero-order valence-corrected chi connectivity index (χ0v) is 12.6. The van der Waals surface area contributed by atoms with Crippen molar-refractivity contribution in [2.24, 2.45) is 0 Å². The van der Waals surface area contributed by atoms with E-state index in [1.807, 2.05) is 6.20 Å². The average Bonchev–Trinajstić information content (AvgIpc) is 3.13. The van der Waals surface area contributed by atoms with Crippen LogP contribution in [0.25, 0.3) is 16.9 Å². The Morgan fingerprint density at radius 3 is 2.91 bits per heavy atom. The first-order valence-electron chi connectivity index (χ1n) is 7.98. The van der Waals surface area contributed by atoms with Crippen molar-refractivity contribution < 1.29 is 0 Å². The molecule has 110 valence electrons. The highest BCUT2D eigenvalue weighted by Crippen LogP contribution is 2.35. The van der Waals surface area contributed by atoms with E-state index in [4.69, 9.17) is 5.10 Å². The van der Waals surface area contributed by atoms with Gasteiger partial charge in [-0.2, -0.15) is 5.10 Å². The van der Waals surface area contributed by atoms with Gasteiger partial charge in [-0.15, -0.1) is 0 Å². The highest BCUT2D eigenvalue weighted by Gasteiger charge is 2.34. The second-order valence-corrected chi connectivity index (χ2v) is 6.52. The quantitative estimate of drug-likeness (QED) is 0.749. The fourth-order valence-corrected chi connectivity index (χ4v) is 3.81. The number of fused-ring (bicyclic) bond motifs is 6. The Morgan fingerprint density at radius 2 is 2.05 bits per heavy atom. The van der Waals surface area contributed by atoms with Gasteiger partial charge < -0.3 is 5.32 Å². The Balaban J connectivity index is 1.68. The van der Waals surface area contributed by atoms with Gasteiger partial charge in [-0.3, -0.25) is 0 Å². The average molecular weight is 290 g/mol. The van der Waals surface area contributed by atoms with Crippen LogP contribution in [0, 0.1) is 6.92 Å². The lowest BCUT2D eigenvalue weighted by Crippen LogP contribution is -2.33. The predicted octanol–water partition coefficient (Wildman–Crippen LogP) is 3.05. The van der Waals surface area contributed by atoms with Crippen LogP contribution >= 0.6 is 0 Å². The molecule has 2 bridgehead atoms. The minimum Gasteiger partial charge on any atom is -0.307 e. The maximum Gasteiger partial charge on any atom is 0.155 e. The summed E-state index contributed by atoms with van der Waals surface area (Å²) in [5.41, 5.74) is 7.06. The SMILES string of the molecule is Cc1ccc(-c2cc3ncc4c(n3n2)C[C@@H]2CC[C@H]4N2)cc1. The molecule has 0 spiro atoms. The number of nitrogens with zero attached hydrogens (tertiary/aromatic N) is 3. The lowest BCUT2D eigenvalue weighted by molar-refractivity contribution is 0.496. The number of hydrogen-bond donors (Lipinski definition) is 1. The summed E-state index contributed by atoms with van der Waals surface area (Å²) < 4.78 is 2.07. The standard InChI is InChI=1S/C18H18N4/c1-11-2-4-12(5-3-11)16-9-18-19-10-14-15-7-6-13(20-15)8-17(14)22(18)21-16/h2-5,9-10,13,15,20H,6-8H2,1H3/t13-,15+/m0/s1. The largest absolute Gasteiger partial charge is 0.307 e. The van der Waals surface area contributed by atoms with Crippen LogP contribution in [0.5, 0.6) is 0 Å². The van der Waals surface area contributed by atoms with Crippen molar-refractivity contribution in [1.82, 2.24) is 19.9 Å². The normalized spacial score (nSPS) is 23.0. The molecule has 2 aliphatic rings. The molecule has 0 radical (unpaired) electrons. The third-order valence-corrected chi connectivity index (χ3v) is 5.02. The van der Waals surface area contributed by atoms with Gasteiger partial charge in [-0.05, 0) is 19.8 Å². The second kappa shape index (κ2) is 4.40. The maximum absolute atomic E-state index is 4.85. The van der Waals surface area contributed by atoms with Crippen LogP contribution in [0.3, 0.4) is 0 Å². The summed E-state index contributed by atoms with van der Waals surface area (Å²) in [6.45, 7) is 2.11. The van der Waals surface area contributed by atoms with E-state index in [1.54, 1.807) is 0 Å². The Morgan fingerprint density at radius 1 is 1.18 bits per heavy atom. The Labute approximate surface area is 129 Å². The molecule has 0 saturated carbocycles. The van der Waals surface area contributed by atoms with Gasteiger partial charge in [0.25, 0.3) is 0 Å². The van der Waals surface area contributed by atoms with E-state index < -0.39 is 0 Å². The first-order chi connectivity index (χ1) is 10.8. The second-order valence-electron chi connectivity index (χ2n) is 6.52. The Bertz CT molecular complexity index is 863. The first kappa shape index (κ1) is 12.4. The minimum absolute atomic E-state index is 0.470. The molecule has 1 saturated heterocycles. The summed E-state index contributed by atoms with van der Waals surface area (Å²) >= 11 is 0. The van der Waals surface area contributed by atoms with Crippen LogP contribution in [0.2, 0.25) is 0 Å². The van der Waals surface area contributed by atoms with E-state index in [0.29, 0.717) is 12.1 Å². The van der Waals surface area contributed by atoms with Crippen molar-refractivity contribution in [1.29, 1.82) is 0 Å². The van der Waals surface area contributed by atoms with Gasteiger partial charge in [0.15, 0.2) is 5.65 Å². The third kappa shape index (κ3) is 1.74. The highest BCUT2D eigenvalue weighted by atomic mass is 15.3. The molecule has 3 aromatic rings. The zero-order valence-electron chi connectivity index (χ0n) is 12.6. The van der Waals surface area contributed by atoms with Gasteiger partial charge in [0.05, 0.1) is 11.4 Å². The Kier molecular flexibility index (Phi) is 2.47. The van der Waals surface area contributed by atoms with E-state index in [9.17, 15) is 0 Å².